The maximum Gasteiger partial charge on any atom is 0.250 e. The molecule has 0 aromatic heterocycles. The first-order valence-electron chi connectivity index (χ1n) is 8.18. The minimum atomic E-state index is -3.73. The van der Waals surface area contributed by atoms with Crippen LogP contribution in [0.25, 0.3) is 5.70 Å². The van der Waals surface area contributed by atoms with Gasteiger partial charge in [-0.3, -0.25) is 4.79 Å². The van der Waals surface area contributed by atoms with Crippen LogP contribution in [-0.2, 0) is 14.6 Å². The first-order valence-corrected chi connectivity index (χ1v) is 9.73. The van der Waals surface area contributed by atoms with E-state index >= 15 is 0 Å². The maximum absolute atomic E-state index is 12.8. The fourth-order valence-corrected chi connectivity index (χ4v) is 3.42. The summed E-state index contributed by atoms with van der Waals surface area (Å²) in [5.74, 6) is -0.423. The zero-order valence-corrected chi connectivity index (χ0v) is 16.3. The number of aryl methyl sites for hydroxylation is 3. The number of hydrogen-bond donors (Lipinski definition) is 1. The zero-order chi connectivity index (χ0) is 19.5. The van der Waals surface area contributed by atoms with E-state index in [1.165, 1.54) is 0 Å². The van der Waals surface area contributed by atoms with Crippen LogP contribution in [0, 0.1) is 20.8 Å². The van der Waals surface area contributed by atoms with Crippen LogP contribution in [0.15, 0.2) is 64.9 Å². The Morgan fingerprint density at radius 3 is 2.15 bits per heavy atom. The van der Waals surface area contributed by atoms with Crippen molar-refractivity contribution in [2.24, 2.45) is 0 Å². The molecule has 1 N–H and O–H groups in total. The fraction of sp³-hybridized carbons (Fsp3) is 0.190. The number of benzene rings is 2. The zero-order valence-electron chi connectivity index (χ0n) is 15.5. The Morgan fingerprint density at radius 1 is 1.00 bits per heavy atom. The van der Waals surface area contributed by atoms with Gasteiger partial charge in [-0.2, -0.15) is 0 Å². The lowest BCUT2D eigenvalue weighted by Gasteiger charge is -2.12. The highest BCUT2D eigenvalue weighted by Crippen LogP contribution is 2.21. The molecule has 0 bridgehead atoms. The van der Waals surface area contributed by atoms with E-state index in [1.807, 2.05) is 32.9 Å². The van der Waals surface area contributed by atoms with E-state index in [4.69, 9.17) is 0 Å². The summed E-state index contributed by atoms with van der Waals surface area (Å²) < 4.78 is 25.6. The van der Waals surface area contributed by atoms with Crippen molar-refractivity contribution in [3.05, 3.63) is 82.3 Å². The van der Waals surface area contributed by atoms with Gasteiger partial charge in [-0.1, -0.05) is 36.4 Å². The first kappa shape index (κ1) is 19.7. The molecule has 0 aliphatic rings. The molecule has 2 aromatic carbocycles. The third-order valence-corrected chi connectivity index (χ3v) is 5.55. The molecular weight excluding hydrogens is 346 g/mol. The van der Waals surface area contributed by atoms with E-state index in [-0.39, 0.29) is 10.6 Å². The third-order valence-electron chi connectivity index (χ3n) is 4.08. The molecule has 0 aliphatic carbocycles. The van der Waals surface area contributed by atoms with Crippen LogP contribution in [0.5, 0.6) is 0 Å². The summed E-state index contributed by atoms with van der Waals surface area (Å²) in [6.45, 7) is 11.0. The molecule has 0 saturated heterocycles. The quantitative estimate of drug-likeness (QED) is 0.808. The van der Waals surface area contributed by atoms with Crippen molar-refractivity contribution in [3.63, 3.8) is 0 Å². The molecule has 0 unspecified atom stereocenters. The summed E-state index contributed by atoms with van der Waals surface area (Å²) in [5.41, 5.74) is 4.21. The number of nitrogens with one attached hydrogen (secondary N) is 1. The smallest absolute Gasteiger partial charge is 0.250 e. The topological polar surface area (TPSA) is 63.2 Å². The van der Waals surface area contributed by atoms with Crippen LogP contribution in [0.2, 0.25) is 0 Å². The molecule has 0 atom stereocenters. The number of hydrogen-bond acceptors (Lipinski definition) is 3. The minimum absolute atomic E-state index is 0.175. The second kappa shape index (κ2) is 7.70. The van der Waals surface area contributed by atoms with Crippen molar-refractivity contribution < 1.29 is 13.2 Å². The monoisotopic (exact) mass is 369 g/mol. The van der Waals surface area contributed by atoms with Crippen LogP contribution in [0.4, 0.5) is 0 Å². The van der Waals surface area contributed by atoms with E-state index in [0.717, 1.165) is 22.1 Å². The standard InChI is InChI=1S/C21H23NO3S/c1-14(2)21(23)22-20(18-9-8-16(4)17(5)12-18)13-26(24,25)19-10-6-15(3)7-11-19/h6-13H,1H2,2-5H3,(H,22,23). The lowest BCUT2D eigenvalue weighted by atomic mass is 10.0. The summed E-state index contributed by atoms with van der Waals surface area (Å²) in [7, 11) is -3.73. The molecule has 0 aliphatic heterocycles. The van der Waals surface area contributed by atoms with Gasteiger partial charge in [0.2, 0.25) is 9.84 Å². The number of rotatable bonds is 5. The Morgan fingerprint density at radius 2 is 1.62 bits per heavy atom. The molecule has 0 radical (unpaired) electrons. The molecule has 4 nitrogen and oxygen atoms in total. The predicted molar refractivity (Wildman–Crippen MR) is 105 cm³/mol. The number of carbonyl (C=O) groups is 1. The van der Waals surface area contributed by atoms with Crippen molar-refractivity contribution in [3.8, 4) is 0 Å². The number of sulfone groups is 1. The normalized spacial score (nSPS) is 11.9. The van der Waals surface area contributed by atoms with Gasteiger partial charge in [0.15, 0.2) is 0 Å². The average molecular weight is 369 g/mol. The van der Waals surface area contributed by atoms with Gasteiger partial charge in [0.25, 0.3) is 5.91 Å². The lowest BCUT2D eigenvalue weighted by Crippen LogP contribution is -2.23. The largest absolute Gasteiger partial charge is 0.321 e. The van der Waals surface area contributed by atoms with Crippen molar-refractivity contribution in [2.75, 3.05) is 0 Å². The van der Waals surface area contributed by atoms with Gasteiger partial charge in [-0.25, -0.2) is 8.42 Å². The molecule has 0 heterocycles. The highest BCUT2D eigenvalue weighted by atomic mass is 32.2. The minimum Gasteiger partial charge on any atom is -0.321 e. The Bertz CT molecular complexity index is 984. The molecule has 136 valence electrons. The summed E-state index contributed by atoms with van der Waals surface area (Å²) in [6.07, 6.45) is 0. The van der Waals surface area contributed by atoms with Crippen molar-refractivity contribution in [1.29, 1.82) is 0 Å². The third kappa shape index (κ3) is 4.70. The fourth-order valence-electron chi connectivity index (χ4n) is 2.26. The Balaban J connectivity index is 2.56. The van der Waals surface area contributed by atoms with Gasteiger partial charge in [0.1, 0.15) is 0 Å². The van der Waals surface area contributed by atoms with E-state index in [0.29, 0.717) is 11.1 Å². The van der Waals surface area contributed by atoms with Crippen LogP contribution in [0.1, 0.15) is 29.2 Å². The Labute approximate surface area is 155 Å². The second-order valence-corrected chi connectivity index (χ2v) is 8.22. The van der Waals surface area contributed by atoms with E-state index in [9.17, 15) is 13.2 Å². The van der Waals surface area contributed by atoms with Gasteiger partial charge in [-0.05, 0) is 62.6 Å². The molecule has 26 heavy (non-hydrogen) atoms. The molecule has 1 amide bonds. The summed E-state index contributed by atoms with van der Waals surface area (Å²) in [6, 6.07) is 12.1. The average Bonchev–Trinajstić information content (AvgIpc) is 2.56. The maximum atomic E-state index is 12.8. The van der Waals surface area contributed by atoms with Crippen molar-refractivity contribution in [1.82, 2.24) is 5.32 Å². The Hall–Kier alpha value is -2.66. The van der Waals surface area contributed by atoms with Gasteiger partial charge in [0, 0.05) is 5.57 Å². The molecule has 5 heteroatoms. The van der Waals surface area contributed by atoms with E-state index < -0.39 is 15.7 Å². The summed E-state index contributed by atoms with van der Waals surface area (Å²) in [4.78, 5) is 12.3. The molecule has 0 saturated carbocycles. The van der Waals surface area contributed by atoms with Gasteiger partial charge in [0.05, 0.1) is 16.0 Å². The predicted octanol–water partition coefficient (Wildman–Crippen LogP) is 4.08. The SMILES string of the molecule is C=C(C)C(=O)NC(=CS(=O)(=O)c1ccc(C)cc1)c1ccc(C)c(C)c1. The van der Waals surface area contributed by atoms with Gasteiger partial charge >= 0.3 is 0 Å². The molecule has 0 fully saturated rings. The van der Waals surface area contributed by atoms with Crippen LogP contribution in [-0.4, -0.2) is 14.3 Å². The van der Waals surface area contributed by atoms with Crippen LogP contribution >= 0.6 is 0 Å². The number of amides is 1. The van der Waals surface area contributed by atoms with Crippen LogP contribution in [0.3, 0.4) is 0 Å². The summed E-state index contributed by atoms with van der Waals surface area (Å²) in [5, 5.41) is 3.76. The summed E-state index contributed by atoms with van der Waals surface area (Å²) >= 11 is 0. The van der Waals surface area contributed by atoms with Gasteiger partial charge < -0.3 is 5.32 Å². The highest BCUT2D eigenvalue weighted by molar-refractivity contribution is 7.94. The second-order valence-electron chi connectivity index (χ2n) is 6.42. The van der Waals surface area contributed by atoms with E-state index in [1.54, 1.807) is 37.3 Å². The highest BCUT2D eigenvalue weighted by Gasteiger charge is 2.16. The van der Waals surface area contributed by atoms with Crippen molar-refractivity contribution >= 4 is 21.4 Å². The first-order chi connectivity index (χ1) is 12.1. The van der Waals surface area contributed by atoms with Gasteiger partial charge in [-0.15, -0.1) is 0 Å². The van der Waals surface area contributed by atoms with Crippen LogP contribution < -0.4 is 5.32 Å². The molecule has 0 spiro atoms. The molecule has 2 aromatic rings. The lowest BCUT2D eigenvalue weighted by molar-refractivity contribution is -0.116. The van der Waals surface area contributed by atoms with E-state index in [2.05, 4.69) is 11.9 Å². The molecule has 2 rings (SSSR count). The van der Waals surface area contributed by atoms with Crippen molar-refractivity contribution in [2.45, 2.75) is 32.6 Å². The Kier molecular flexibility index (Phi) is 5.83. The number of carbonyl (C=O) groups excluding carboxylic acids is 1. The molecular formula is C21H23NO3S.